The molecule has 0 aliphatic heterocycles. The zero-order valence-electron chi connectivity index (χ0n) is 7.00. The molecule has 0 aliphatic rings. The van der Waals surface area contributed by atoms with Gasteiger partial charge in [-0.1, -0.05) is 11.6 Å². The van der Waals surface area contributed by atoms with Gasteiger partial charge in [-0.25, -0.2) is 4.98 Å². The van der Waals surface area contributed by atoms with Crippen molar-refractivity contribution in [2.24, 2.45) is 0 Å². The predicted molar refractivity (Wildman–Crippen MR) is 49.4 cm³/mol. The summed E-state index contributed by atoms with van der Waals surface area (Å²) in [7, 11) is 1.78. The van der Waals surface area contributed by atoms with E-state index in [2.05, 4.69) is 10.3 Å². The third-order valence-electron chi connectivity index (χ3n) is 1.62. The Bertz CT molecular complexity index is 276. The Labute approximate surface area is 76.4 Å². The molecule has 4 heteroatoms. The minimum atomic E-state index is -0.530. The van der Waals surface area contributed by atoms with E-state index >= 15 is 0 Å². The molecule has 0 saturated heterocycles. The highest BCUT2D eigenvalue weighted by molar-refractivity contribution is 6.29. The van der Waals surface area contributed by atoms with Gasteiger partial charge in [0, 0.05) is 24.5 Å². The van der Waals surface area contributed by atoms with Gasteiger partial charge in [0.25, 0.3) is 0 Å². The van der Waals surface area contributed by atoms with E-state index in [0.29, 0.717) is 5.15 Å². The van der Waals surface area contributed by atoms with Crippen molar-refractivity contribution in [3.8, 4) is 0 Å². The fraction of sp³-hybridized carbons (Fsp3) is 0.375. The lowest BCUT2D eigenvalue weighted by Crippen LogP contribution is -1.99. The number of rotatable bonds is 2. The molecule has 1 atom stereocenters. The van der Waals surface area contributed by atoms with Crippen LogP contribution < -0.4 is 5.32 Å². The van der Waals surface area contributed by atoms with E-state index in [0.717, 1.165) is 11.3 Å². The van der Waals surface area contributed by atoms with Gasteiger partial charge in [0.05, 0.1) is 6.10 Å². The molecule has 1 aromatic rings. The zero-order valence-corrected chi connectivity index (χ0v) is 7.76. The van der Waals surface area contributed by atoms with Crippen LogP contribution in [0.4, 0.5) is 5.69 Å². The topological polar surface area (TPSA) is 45.2 Å². The van der Waals surface area contributed by atoms with Crippen LogP contribution in [0, 0.1) is 0 Å². The minimum Gasteiger partial charge on any atom is -0.389 e. The molecule has 0 aromatic carbocycles. The molecule has 1 heterocycles. The van der Waals surface area contributed by atoms with Crippen LogP contribution in [0.3, 0.4) is 0 Å². The normalized spacial score (nSPS) is 12.7. The Kier molecular flexibility index (Phi) is 2.89. The van der Waals surface area contributed by atoms with Gasteiger partial charge in [-0.05, 0) is 13.0 Å². The second kappa shape index (κ2) is 3.74. The van der Waals surface area contributed by atoms with Crippen LogP contribution in [0.2, 0.25) is 5.15 Å². The Morgan fingerprint density at radius 1 is 1.67 bits per heavy atom. The van der Waals surface area contributed by atoms with Crippen LogP contribution in [0.15, 0.2) is 12.3 Å². The standard InChI is InChI=1S/C8H11ClN2O/c1-5(12)6-4-11-8(9)3-7(6)10-2/h3-5,12H,1-2H3,(H,10,11). The van der Waals surface area contributed by atoms with E-state index in [1.165, 1.54) is 0 Å². The van der Waals surface area contributed by atoms with Crippen molar-refractivity contribution in [1.82, 2.24) is 4.98 Å². The monoisotopic (exact) mass is 186 g/mol. The summed E-state index contributed by atoms with van der Waals surface area (Å²) in [5.41, 5.74) is 1.56. The molecule has 0 amide bonds. The third kappa shape index (κ3) is 1.87. The molecule has 2 N–H and O–H groups in total. The molecular formula is C8H11ClN2O. The number of nitrogens with zero attached hydrogens (tertiary/aromatic N) is 1. The first-order chi connectivity index (χ1) is 5.65. The van der Waals surface area contributed by atoms with Crippen molar-refractivity contribution in [2.45, 2.75) is 13.0 Å². The van der Waals surface area contributed by atoms with E-state index in [1.807, 2.05) is 0 Å². The van der Waals surface area contributed by atoms with Crippen molar-refractivity contribution in [2.75, 3.05) is 12.4 Å². The summed E-state index contributed by atoms with van der Waals surface area (Å²) in [6.07, 6.45) is 1.04. The Morgan fingerprint density at radius 3 is 2.83 bits per heavy atom. The lowest BCUT2D eigenvalue weighted by atomic mass is 10.1. The van der Waals surface area contributed by atoms with E-state index in [-0.39, 0.29) is 0 Å². The van der Waals surface area contributed by atoms with Crippen LogP contribution in [-0.2, 0) is 0 Å². The van der Waals surface area contributed by atoms with Crippen molar-refractivity contribution in [3.63, 3.8) is 0 Å². The van der Waals surface area contributed by atoms with Gasteiger partial charge < -0.3 is 10.4 Å². The van der Waals surface area contributed by atoms with Crippen molar-refractivity contribution < 1.29 is 5.11 Å². The highest BCUT2D eigenvalue weighted by Crippen LogP contribution is 2.23. The lowest BCUT2D eigenvalue weighted by molar-refractivity contribution is 0.199. The van der Waals surface area contributed by atoms with Crippen LogP contribution in [0.25, 0.3) is 0 Å². The Hall–Kier alpha value is -0.800. The third-order valence-corrected chi connectivity index (χ3v) is 1.83. The molecule has 0 radical (unpaired) electrons. The number of aliphatic hydroxyl groups is 1. The van der Waals surface area contributed by atoms with E-state index in [4.69, 9.17) is 11.6 Å². The highest BCUT2D eigenvalue weighted by Gasteiger charge is 2.07. The first-order valence-electron chi connectivity index (χ1n) is 3.66. The molecule has 3 nitrogen and oxygen atoms in total. The Balaban J connectivity index is 3.11. The first kappa shape index (κ1) is 9.29. The maximum Gasteiger partial charge on any atom is 0.131 e. The van der Waals surface area contributed by atoms with Gasteiger partial charge in [-0.15, -0.1) is 0 Å². The van der Waals surface area contributed by atoms with Crippen molar-refractivity contribution in [1.29, 1.82) is 0 Å². The summed E-state index contributed by atoms with van der Waals surface area (Å²) >= 11 is 5.67. The fourth-order valence-corrected chi connectivity index (χ4v) is 1.15. The lowest BCUT2D eigenvalue weighted by Gasteiger charge is -2.10. The van der Waals surface area contributed by atoms with Crippen LogP contribution in [0.1, 0.15) is 18.6 Å². The molecule has 1 aromatic heterocycles. The van der Waals surface area contributed by atoms with Gasteiger partial charge in [0.15, 0.2) is 0 Å². The van der Waals surface area contributed by atoms with Gasteiger partial charge in [-0.3, -0.25) is 0 Å². The number of aliphatic hydroxyl groups excluding tert-OH is 1. The SMILES string of the molecule is CNc1cc(Cl)ncc1C(C)O. The molecule has 1 rings (SSSR count). The second-order valence-corrected chi connectivity index (χ2v) is 2.91. The van der Waals surface area contributed by atoms with Gasteiger partial charge in [0.1, 0.15) is 5.15 Å². The molecule has 0 saturated carbocycles. The van der Waals surface area contributed by atoms with Crippen molar-refractivity contribution in [3.05, 3.63) is 23.0 Å². The number of hydrogen-bond acceptors (Lipinski definition) is 3. The smallest absolute Gasteiger partial charge is 0.131 e. The van der Waals surface area contributed by atoms with Crippen LogP contribution >= 0.6 is 11.6 Å². The molecular weight excluding hydrogens is 176 g/mol. The second-order valence-electron chi connectivity index (χ2n) is 2.52. The quantitative estimate of drug-likeness (QED) is 0.693. The summed E-state index contributed by atoms with van der Waals surface area (Å²) in [4.78, 5) is 3.87. The summed E-state index contributed by atoms with van der Waals surface area (Å²) in [5.74, 6) is 0. The first-order valence-corrected chi connectivity index (χ1v) is 4.04. The molecule has 0 spiro atoms. The minimum absolute atomic E-state index is 0.420. The molecule has 12 heavy (non-hydrogen) atoms. The summed E-state index contributed by atoms with van der Waals surface area (Å²) in [6.45, 7) is 1.69. The summed E-state index contributed by atoms with van der Waals surface area (Å²) < 4.78 is 0. The maximum atomic E-state index is 9.30. The number of hydrogen-bond donors (Lipinski definition) is 2. The van der Waals surface area contributed by atoms with Gasteiger partial charge >= 0.3 is 0 Å². The number of aromatic nitrogens is 1. The average Bonchev–Trinajstić information content (AvgIpc) is 2.03. The summed E-state index contributed by atoms with van der Waals surface area (Å²) in [6, 6.07) is 1.68. The van der Waals surface area contributed by atoms with Gasteiger partial charge in [-0.2, -0.15) is 0 Å². The van der Waals surface area contributed by atoms with E-state index in [9.17, 15) is 5.11 Å². The van der Waals surface area contributed by atoms with Crippen LogP contribution in [0.5, 0.6) is 0 Å². The van der Waals surface area contributed by atoms with Crippen LogP contribution in [-0.4, -0.2) is 17.1 Å². The van der Waals surface area contributed by atoms with E-state index < -0.39 is 6.10 Å². The largest absolute Gasteiger partial charge is 0.389 e. The maximum absolute atomic E-state index is 9.30. The molecule has 0 bridgehead atoms. The van der Waals surface area contributed by atoms with E-state index in [1.54, 1.807) is 26.2 Å². The van der Waals surface area contributed by atoms with Gasteiger partial charge in [0.2, 0.25) is 0 Å². The molecule has 1 unspecified atom stereocenters. The average molecular weight is 187 g/mol. The fourth-order valence-electron chi connectivity index (χ4n) is 0.990. The zero-order chi connectivity index (χ0) is 9.14. The number of halogens is 1. The number of pyridine rings is 1. The number of anilines is 1. The Morgan fingerprint density at radius 2 is 2.33 bits per heavy atom. The summed E-state index contributed by atoms with van der Waals surface area (Å²) in [5, 5.41) is 12.7. The highest BCUT2D eigenvalue weighted by atomic mass is 35.5. The molecule has 66 valence electrons. The molecule has 0 fully saturated rings. The number of nitrogens with one attached hydrogen (secondary N) is 1. The molecule has 0 aliphatic carbocycles. The predicted octanol–water partition coefficient (Wildman–Crippen LogP) is 1.83. The van der Waals surface area contributed by atoms with Crippen molar-refractivity contribution >= 4 is 17.3 Å².